The van der Waals surface area contributed by atoms with E-state index in [1.807, 2.05) is 0 Å². The van der Waals surface area contributed by atoms with E-state index in [0.717, 1.165) is 0 Å². The summed E-state index contributed by atoms with van der Waals surface area (Å²) in [5.41, 5.74) is 16.1. The smallest absolute Gasteiger partial charge is 0.237 e. The van der Waals surface area contributed by atoms with Crippen LogP contribution in [0.15, 0.2) is 18.3 Å². The van der Waals surface area contributed by atoms with Crippen molar-refractivity contribution in [1.29, 1.82) is 0 Å². The molecule has 0 saturated carbocycles. The third kappa shape index (κ3) is 3.12. The molecule has 0 saturated heterocycles. The molecule has 0 spiro atoms. The van der Waals surface area contributed by atoms with Gasteiger partial charge in [0, 0.05) is 6.20 Å². The van der Waals surface area contributed by atoms with Gasteiger partial charge in [-0.2, -0.15) is 0 Å². The third-order valence-corrected chi connectivity index (χ3v) is 1.81. The van der Waals surface area contributed by atoms with Crippen molar-refractivity contribution in [2.75, 3.05) is 23.7 Å². The average Bonchev–Trinajstić information content (AvgIpc) is 2.15. The number of hydrogen-bond acceptors (Lipinski definition) is 5. The molecule has 6 N–H and O–H groups in total. The van der Waals surface area contributed by atoms with Crippen LogP contribution in [0.5, 0.6) is 0 Å². The molecule has 0 fully saturated rings. The van der Waals surface area contributed by atoms with Gasteiger partial charge in [-0.05, 0) is 12.1 Å². The molecule has 16 heavy (non-hydrogen) atoms. The second-order valence-electron chi connectivity index (χ2n) is 3.20. The Morgan fingerprint density at radius 1 is 1.25 bits per heavy atom. The Bertz CT molecular complexity index is 391. The SMILES string of the molecule is NC(=O)CN(CC(N)=O)c1ncccc1N. The van der Waals surface area contributed by atoms with Crippen LogP contribution in [0, 0.1) is 0 Å². The molecule has 1 heterocycles. The number of pyridine rings is 1. The normalized spacial score (nSPS) is 9.75. The molecule has 0 atom stereocenters. The predicted molar refractivity (Wildman–Crippen MR) is 59.3 cm³/mol. The van der Waals surface area contributed by atoms with Crippen LogP contribution in [0.3, 0.4) is 0 Å². The number of carbonyl (C=O) groups is 2. The second-order valence-corrected chi connectivity index (χ2v) is 3.20. The Kier molecular flexibility index (Phi) is 3.65. The standard InChI is InChI=1S/C9H13N5O2/c10-6-2-1-3-13-9(6)14(4-7(11)15)5-8(12)16/h1-3H,4-5,10H2,(H2,11,15)(H2,12,16). The third-order valence-electron chi connectivity index (χ3n) is 1.81. The first-order valence-electron chi connectivity index (χ1n) is 4.52. The first-order valence-corrected chi connectivity index (χ1v) is 4.52. The second kappa shape index (κ2) is 4.96. The minimum atomic E-state index is -0.591. The van der Waals surface area contributed by atoms with E-state index in [4.69, 9.17) is 17.2 Å². The highest BCUT2D eigenvalue weighted by Gasteiger charge is 2.15. The summed E-state index contributed by atoms with van der Waals surface area (Å²) in [6.07, 6.45) is 1.50. The molecule has 1 aromatic rings. The maximum Gasteiger partial charge on any atom is 0.237 e. The van der Waals surface area contributed by atoms with E-state index >= 15 is 0 Å². The number of nitrogens with two attached hydrogens (primary N) is 3. The summed E-state index contributed by atoms with van der Waals surface area (Å²) < 4.78 is 0. The van der Waals surface area contributed by atoms with Crippen molar-refractivity contribution in [3.05, 3.63) is 18.3 Å². The number of primary amides is 2. The lowest BCUT2D eigenvalue weighted by molar-refractivity contribution is -0.117. The van der Waals surface area contributed by atoms with E-state index < -0.39 is 11.8 Å². The Morgan fingerprint density at radius 2 is 1.81 bits per heavy atom. The molecule has 0 aliphatic heterocycles. The molecule has 86 valence electrons. The lowest BCUT2D eigenvalue weighted by atomic mass is 10.3. The van der Waals surface area contributed by atoms with Crippen LogP contribution >= 0.6 is 0 Å². The summed E-state index contributed by atoms with van der Waals surface area (Å²) in [4.78, 5) is 27.0. The number of hydrogen-bond donors (Lipinski definition) is 3. The quantitative estimate of drug-likeness (QED) is 0.556. The Morgan fingerprint density at radius 3 is 2.25 bits per heavy atom. The number of anilines is 2. The van der Waals surface area contributed by atoms with Crippen LogP contribution in [0.4, 0.5) is 11.5 Å². The largest absolute Gasteiger partial charge is 0.396 e. The van der Waals surface area contributed by atoms with E-state index in [9.17, 15) is 9.59 Å². The number of rotatable bonds is 5. The van der Waals surface area contributed by atoms with E-state index in [-0.39, 0.29) is 13.1 Å². The van der Waals surface area contributed by atoms with Crippen molar-refractivity contribution in [3.8, 4) is 0 Å². The van der Waals surface area contributed by atoms with Crippen LogP contribution in [0.25, 0.3) is 0 Å². The molecule has 0 aliphatic rings. The van der Waals surface area contributed by atoms with E-state index in [1.54, 1.807) is 12.1 Å². The van der Waals surface area contributed by atoms with Gasteiger partial charge in [0.05, 0.1) is 18.8 Å². The van der Waals surface area contributed by atoms with Gasteiger partial charge in [-0.1, -0.05) is 0 Å². The van der Waals surface area contributed by atoms with E-state index in [0.29, 0.717) is 11.5 Å². The van der Waals surface area contributed by atoms with Crippen LogP contribution < -0.4 is 22.1 Å². The zero-order valence-electron chi connectivity index (χ0n) is 8.59. The summed E-state index contributed by atoms with van der Waals surface area (Å²) >= 11 is 0. The molecule has 0 radical (unpaired) electrons. The van der Waals surface area contributed by atoms with Crippen LogP contribution in [0.1, 0.15) is 0 Å². The molecular formula is C9H13N5O2. The first kappa shape index (κ1) is 11.8. The van der Waals surface area contributed by atoms with Gasteiger partial charge in [-0.25, -0.2) is 4.98 Å². The van der Waals surface area contributed by atoms with Gasteiger partial charge in [0.25, 0.3) is 0 Å². The van der Waals surface area contributed by atoms with Gasteiger partial charge in [-0.3, -0.25) is 9.59 Å². The number of nitrogens with zero attached hydrogens (tertiary/aromatic N) is 2. The fraction of sp³-hybridized carbons (Fsp3) is 0.222. The van der Waals surface area contributed by atoms with Crippen LogP contribution in [-0.4, -0.2) is 29.9 Å². The van der Waals surface area contributed by atoms with Crippen molar-refractivity contribution < 1.29 is 9.59 Å². The van der Waals surface area contributed by atoms with Crippen molar-refractivity contribution in [2.24, 2.45) is 11.5 Å². The summed E-state index contributed by atoms with van der Waals surface area (Å²) in [6.45, 7) is -0.325. The lowest BCUT2D eigenvalue weighted by Gasteiger charge is -2.21. The van der Waals surface area contributed by atoms with Crippen molar-refractivity contribution in [2.45, 2.75) is 0 Å². The predicted octanol–water partition coefficient (Wildman–Crippen LogP) is -1.56. The highest BCUT2D eigenvalue weighted by Crippen LogP contribution is 2.18. The molecule has 1 rings (SSSR count). The maximum absolute atomic E-state index is 10.8. The van der Waals surface area contributed by atoms with Gasteiger partial charge < -0.3 is 22.1 Å². The highest BCUT2D eigenvalue weighted by molar-refractivity contribution is 5.85. The van der Waals surface area contributed by atoms with E-state index in [2.05, 4.69) is 4.98 Å². The number of nitrogen functional groups attached to an aromatic ring is 1. The monoisotopic (exact) mass is 223 g/mol. The summed E-state index contributed by atoms with van der Waals surface area (Å²) in [6, 6.07) is 3.25. The first-order chi connectivity index (χ1) is 7.50. The highest BCUT2D eigenvalue weighted by atomic mass is 16.2. The number of amides is 2. The van der Waals surface area contributed by atoms with Crippen molar-refractivity contribution in [1.82, 2.24) is 4.98 Å². The van der Waals surface area contributed by atoms with Crippen molar-refractivity contribution >= 4 is 23.3 Å². The van der Waals surface area contributed by atoms with Crippen molar-refractivity contribution in [3.63, 3.8) is 0 Å². The minimum absolute atomic E-state index is 0.163. The molecule has 0 unspecified atom stereocenters. The molecule has 0 aliphatic carbocycles. The fourth-order valence-electron chi connectivity index (χ4n) is 1.26. The molecule has 7 nitrogen and oxygen atoms in total. The topological polar surface area (TPSA) is 128 Å². The molecule has 0 aromatic carbocycles. The van der Waals surface area contributed by atoms with Gasteiger partial charge in [0.2, 0.25) is 11.8 Å². The summed E-state index contributed by atoms with van der Waals surface area (Å²) in [7, 11) is 0. The van der Waals surface area contributed by atoms with Gasteiger partial charge in [0.15, 0.2) is 5.82 Å². The maximum atomic E-state index is 10.8. The molecule has 0 bridgehead atoms. The van der Waals surface area contributed by atoms with Crippen LogP contribution in [0.2, 0.25) is 0 Å². The molecule has 2 amide bonds. The number of aromatic nitrogens is 1. The molecule has 7 heteroatoms. The van der Waals surface area contributed by atoms with E-state index in [1.165, 1.54) is 11.1 Å². The fourth-order valence-corrected chi connectivity index (χ4v) is 1.26. The minimum Gasteiger partial charge on any atom is -0.396 e. The summed E-state index contributed by atoms with van der Waals surface area (Å²) in [5.74, 6) is -0.863. The molecular weight excluding hydrogens is 210 g/mol. The van der Waals surface area contributed by atoms with Gasteiger partial charge in [-0.15, -0.1) is 0 Å². The Hall–Kier alpha value is -2.31. The van der Waals surface area contributed by atoms with Gasteiger partial charge in [0.1, 0.15) is 0 Å². The van der Waals surface area contributed by atoms with Crippen LogP contribution in [-0.2, 0) is 9.59 Å². The van der Waals surface area contributed by atoms with Gasteiger partial charge >= 0.3 is 0 Å². The number of carbonyl (C=O) groups excluding carboxylic acids is 2. The lowest BCUT2D eigenvalue weighted by Crippen LogP contribution is -2.40. The summed E-state index contributed by atoms with van der Waals surface area (Å²) in [5, 5.41) is 0. The zero-order chi connectivity index (χ0) is 12.1. The Labute approximate surface area is 92.2 Å². The average molecular weight is 223 g/mol. The molecule has 1 aromatic heterocycles. The Balaban J connectivity index is 2.96. The zero-order valence-corrected chi connectivity index (χ0v) is 8.59.